The number of carbonyl (C=O) groups excluding carboxylic acids is 3. The van der Waals surface area contributed by atoms with Crippen LogP contribution in [0.15, 0.2) is 78.9 Å². The summed E-state index contributed by atoms with van der Waals surface area (Å²) in [5, 5.41) is 0. The minimum atomic E-state index is -1.47. The number of benzene rings is 3. The lowest BCUT2D eigenvalue weighted by Gasteiger charge is -2.36. The molecule has 3 unspecified atom stereocenters. The minimum Gasteiger partial charge on any atom is -0.467 e. The summed E-state index contributed by atoms with van der Waals surface area (Å²) in [6, 6.07) is 21.0. The first-order valence-corrected chi connectivity index (χ1v) is 11.4. The summed E-state index contributed by atoms with van der Waals surface area (Å²) < 4.78 is 5.30. The van der Waals surface area contributed by atoms with E-state index >= 15 is 0 Å². The summed E-state index contributed by atoms with van der Waals surface area (Å²) >= 11 is 0. The highest BCUT2D eigenvalue weighted by atomic mass is 16.5. The minimum absolute atomic E-state index is 0.232. The summed E-state index contributed by atoms with van der Waals surface area (Å²) in [5.74, 6) is -1.64. The molecule has 6 rings (SSSR count). The zero-order valence-corrected chi connectivity index (χ0v) is 18.9. The number of esters is 1. The Bertz CT molecular complexity index is 1350. The van der Waals surface area contributed by atoms with Crippen molar-refractivity contribution in [3.8, 4) is 0 Å². The molecule has 168 valence electrons. The van der Waals surface area contributed by atoms with Gasteiger partial charge in [-0.3, -0.25) is 9.59 Å². The SMILES string of the molecule is COC(=O)C1C(c2ccc(C)cc2)C2(C(=O)c3ccccc3C2=O)C2C=Cc3ccccc3N12. The predicted octanol–water partition coefficient (Wildman–Crippen LogP) is 4.60. The smallest absolute Gasteiger partial charge is 0.329 e. The van der Waals surface area contributed by atoms with Gasteiger partial charge in [0.05, 0.1) is 13.2 Å². The Hall–Kier alpha value is -3.99. The Kier molecular flexibility index (Phi) is 4.40. The van der Waals surface area contributed by atoms with Gasteiger partial charge in [-0.1, -0.05) is 84.4 Å². The van der Waals surface area contributed by atoms with Crippen LogP contribution in [0.3, 0.4) is 0 Å². The fourth-order valence-electron chi connectivity index (χ4n) is 6.16. The first kappa shape index (κ1) is 20.6. The van der Waals surface area contributed by atoms with E-state index in [0.717, 1.165) is 22.4 Å². The van der Waals surface area contributed by atoms with Crippen molar-refractivity contribution in [1.29, 1.82) is 0 Å². The van der Waals surface area contributed by atoms with Gasteiger partial charge in [-0.2, -0.15) is 0 Å². The first-order valence-electron chi connectivity index (χ1n) is 11.4. The fourth-order valence-corrected chi connectivity index (χ4v) is 6.16. The standard InChI is InChI=1S/C29H23NO4/c1-17-11-13-19(14-12-17)24-25(28(33)34-2)30-22-10-6-3-7-18(22)15-16-23(30)29(24)26(31)20-8-4-5-9-21(20)27(29)32/h3-16,23-25H,1-2H3. The van der Waals surface area contributed by atoms with E-state index in [1.54, 1.807) is 24.3 Å². The summed E-state index contributed by atoms with van der Waals surface area (Å²) in [4.78, 5) is 43.9. The number of hydrogen-bond acceptors (Lipinski definition) is 5. The number of anilines is 1. The number of ether oxygens (including phenoxy) is 1. The van der Waals surface area contributed by atoms with E-state index < -0.39 is 29.4 Å². The molecule has 5 heteroatoms. The Balaban J connectivity index is 1.69. The number of carbonyl (C=O) groups is 3. The maximum absolute atomic E-state index is 14.3. The third kappa shape index (κ3) is 2.47. The van der Waals surface area contributed by atoms with Gasteiger partial charge in [-0.15, -0.1) is 0 Å². The molecule has 0 bridgehead atoms. The first-order chi connectivity index (χ1) is 16.5. The van der Waals surface area contributed by atoms with Crippen molar-refractivity contribution in [2.75, 3.05) is 12.0 Å². The molecule has 0 saturated carbocycles. The molecule has 34 heavy (non-hydrogen) atoms. The maximum atomic E-state index is 14.3. The number of Topliss-reactive ketones (excluding diaryl/α,β-unsaturated/α-hetero) is 2. The van der Waals surface area contributed by atoms with Crippen LogP contribution < -0.4 is 4.90 Å². The van der Waals surface area contributed by atoms with Gasteiger partial charge in [-0.05, 0) is 24.1 Å². The molecule has 1 spiro atoms. The van der Waals surface area contributed by atoms with Gasteiger partial charge < -0.3 is 9.64 Å². The number of para-hydroxylation sites is 1. The number of aryl methyl sites for hydroxylation is 1. The molecule has 3 aromatic rings. The number of ketones is 2. The van der Waals surface area contributed by atoms with Crippen LogP contribution in [-0.4, -0.2) is 36.7 Å². The highest BCUT2D eigenvalue weighted by Crippen LogP contribution is 2.60. The molecule has 1 saturated heterocycles. The number of hydrogen-bond donors (Lipinski definition) is 0. The van der Waals surface area contributed by atoms with Crippen LogP contribution in [0.5, 0.6) is 0 Å². The molecule has 1 fully saturated rings. The van der Waals surface area contributed by atoms with Gasteiger partial charge in [0.25, 0.3) is 0 Å². The van der Waals surface area contributed by atoms with Crippen molar-refractivity contribution in [3.63, 3.8) is 0 Å². The van der Waals surface area contributed by atoms with Gasteiger partial charge >= 0.3 is 5.97 Å². The molecule has 2 heterocycles. The van der Waals surface area contributed by atoms with Gasteiger partial charge in [0.2, 0.25) is 0 Å². The Morgan fingerprint density at radius 2 is 1.50 bits per heavy atom. The van der Waals surface area contributed by atoms with Crippen LogP contribution >= 0.6 is 0 Å². The largest absolute Gasteiger partial charge is 0.467 e. The third-order valence-electron chi connectivity index (χ3n) is 7.59. The van der Waals surface area contributed by atoms with E-state index in [4.69, 9.17) is 4.74 Å². The second kappa shape index (κ2) is 7.26. The normalized spacial score (nSPS) is 23.6. The van der Waals surface area contributed by atoms with Crippen molar-refractivity contribution in [2.45, 2.75) is 24.9 Å². The molecule has 0 amide bonds. The summed E-state index contributed by atoms with van der Waals surface area (Å²) in [7, 11) is 1.35. The van der Waals surface area contributed by atoms with Crippen LogP contribution in [0.2, 0.25) is 0 Å². The van der Waals surface area contributed by atoms with E-state index in [0.29, 0.717) is 11.1 Å². The van der Waals surface area contributed by atoms with E-state index in [9.17, 15) is 14.4 Å². The Morgan fingerprint density at radius 3 is 2.15 bits per heavy atom. The van der Waals surface area contributed by atoms with E-state index in [1.807, 2.05) is 72.5 Å². The van der Waals surface area contributed by atoms with E-state index in [-0.39, 0.29) is 11.6 Å². The van der Waals surface area contributed by atoms with E-state index in [1.165, 1.54) is 7.11 Å². The molecule has 2 aliphatic heterocycles. The predicted molar refractivity (Wildman–Crippen MR) is 129 cm³/mol. The molecule has 3 atom stereocenters. The average Bonchev–Trinajstić information content (AvgIpc) is 3.31. The van der Waals surface area contributed by atoms with Crippen LogP contribution in [0.1, 0.15) is 43.3 Å². The molecule has 0 radical (unpaired) electrons. The Morgan fingerprint density at radius 1 is 0.882 bits per heavy atom. The third-order valence-corrected chi connectivity index (χ3v) is 7.59. The van der Waals surface area contributed by atoms with Crippen LogP contribution in [0.4, 0.5) is 5.69 Å². The number of rotatable bonds is 2. The topological polar surface area (TPSA) is 63.7 Å². The zero-order chi connectivity index (χ0) is 23.6. The molecule has 3 aromatic carbocycles. The van der Waals surface area contributed by atoms with Crippen molar-refractivity contribution in [3.05, 3.63) is 107 Å². The summed E-state index contributed by atoms with van der Waals surface area (Å²) in [6.45, 7) is 1.98. The maximum Gasteiger partial charge on any atom is 0.329 e. The second-order valence-electron chi connectivity index (χ2n) is 9.20. The molecular formula is C29H23NO4. The lowest BCUT2D eigenvalue weighted by molar-refractivity contribution is -0.142. The number of methoxy groups -OCH3 is 1. The lowest BCUT2D eigenvalue weighted by atomic mass is 9.64. The summed E-state index contributed by atoms with van der Waals surface area (Å²) in [6.07, 6.45) is 3.86. The van der Waals surface area contributed by atoms with Gasteiger partial charge in [0, 0.05) is 22.7 Å². The molecule has 3 aliphatic rings. The van der Waals surface area contributed by atoms with Gasteiger partial charge in [0.15, 0.2) is 11.6 Å². The van der Waals surface area contributed by atoms with Crippen LogP contribution in [0.25, 0.3) is 6.08 Å². The Labute approximate surface area is 197 Å². The van der Waals surface area contributed by atoms with Gasteiger partial charge in [-0.25, -0.2) is 4.79 Å². The second-order valence-corrected chi connectivity index (χ2v) is 9.20. The molecule has 0 N–H and O–H groups in total. The van der Waals surface area contributed by atoms with Crippen LogP contribution in [-0.2, 0) is 9.53 Å². The molecular weight excluding hydrogens is 426 g/mol. The molecule has 1 aliphatic carbocycles. The van der Waals surface area contributed by atoms with Crippen molar-refractivity contribution >= 4 is 29.3 Å². The van der Waals surface area contributed by atoms with Crippen molar-refractivity contribution in [1.82, 2.24) is 0 Å². The molecule has 0 aromatic heterocycles. The zero-order valence-electron chi connectivity index (χ0n) is 18.9. The van der Waals surface area contributed by atoms with Crippen molar-refractivity contribution < 1.29 is 19.1 Å². The van der Waals surface area contributed by atoms with Gasteiger partial charge in [0.1, 0.15) is 11.5 Å². The van der Waals surface area contributed by atoms with Crippen LogP contribution in [0, 0.1) is 12.3 Å². The van der Waals surface area contributed by atoms with E-state index in [2.05, 4.69) is 0 Å². The summed E-state index contributed by atoms with van der Waals surface area (Å²) in [5.41, 5.74) is 2.95. The highest BCUT2D eigenvalue weighted by Gasteiger charge is 2.71. The average molecular weight is 450 g/mol. The quantitative estimate of drug-likeness (QED) is 0.423. The lowest BCUT2D eigenvalue weighted by Crippen LogP contribution is -2.48. The molecule has 5 nitrogen and oxygen atoms in total. The van der Waals surface area contributed by atoms with Crippen molar-refractivity contribution in [2.24, 2.45) is 5.41 Å². The number of fused-ring (bicyclic) bond motifs is 5. The monoisotopic (exact) mass is 449 g/mol. The highest BCUT2D eigenvalue weighted by molar-refractivity contribution is 6.32. The fraction of sp³-hybridized carbons (Fsp3) is 0.207. The number of nitrogens with zero attached hydrogens (tertiary/aromatic N) is 1.